The number of anilines is 2. The fourth-order valence-corrected chi connectivity index (χ4v) is 5.22. The average Bonchev–Trinajstić information content (AvgIpc) is 3.43. The summed E-state index contributed by atoms with van der Waals surface area (Å²) in [5.74, 6) is 0.683. The summed E-state index contributed by atoms with van der Waals surface area (Å²) in [6.07, 6.45) is 0.598. The molecule has 1 aromatic heterocycles. The number of carbonyl (C=O) groups excluding carboxylic acids is 1. The topological polar surface area (TPSA) is 131 Å². The Morgan fingerprint density at radius 2 is 1.82 bits per heavy atom. The van der Waals surface area contributed by atoms with E-state index in [9.17, 15) is 13.2 Å². The van der Waals surface area contributed by atoms with E-state index in [-0.39, 0.29) is 23.4 Å². The first-order chi connectivity index (χ1) is 16.3. The van der Waals surface area contributed by atoms with Gasteiger partial charge in [0, 0.05) is 37.9 Å². The molecule has 2 aliphatic heterocycles. The van der Waals surface area contributed by atoms with Crippen molar-refractivity contribution < 1.29 is 13.2 Å². The monoisotopic (exact) mass is 482 g/mol. The zero-order chi connectivity index (χ0) is 23.9. The van der Waals surface area contributed by atoms with Gasteiger partial charge in [0.15, 0.2) is 0 Å². The number of carbonyl (C=O) groups is 1. The Kier molecular flexibility index (Phi) is 5.80. The van der Waals surface area contributed by atoms with E-state index in [2.05, 4.69) is 25.3 Å². The minimum Gasteiger partial charge on any atom is -0.337 e. The molecule has 11 nitrogen and oxygen atoms in total. The third kappa shape index (κ3) is 4.27. The standard InChI is InChI=1S/C22H26N8O3S/c1-16-13-17-14-19(34(23,32)33)7-8-20(17)29(16)21(31)15-27-9-11-28(12-10-27)22-24-25-26-30(22)18-5-3-2-4-6-18/h2-8,14,16H,9-13,15H2,1H3,(H2,23,32,33). The van der Waals surface area contributed by atoms with E-state index in [1.807, 2.05) is 37.3 Å². The molecule has 12 heteroatoms. The van der Waals surface area contributed by atoms with Crippen LogP contribution in [0.15, 0.2) is 53.4 Å². The predicted molar refractivity (Wildman–Crippen MR) is 126 cm³/mol. The van der Waals surface area contributed by atoms with Crippen molar-refractivity contribution in [3.8, 4) is 5.69 Å². The van der Waals surface area contributed by atoms with Crippen molar-refractivity contribution in [3.63, 3.8) is 0 Å². The zero-order valence-corrected chi connectivity index (χ0v) is 19.6. The summed E-state index contributed by atoms with van der Waals surface area (Å²) < 4.78 is 25.1. The molecule has 0 aliphatic carbocycles. The summed E-state index contributed by atoms with van der Waals surface area (Å²) in [4.78, 5) is 19.3. The Morgan fingerprint density at radius 1 is 1.09 bits per heavy atom. The SMILES string of the molecule is CC1Cc2cc(S(N)(=O)=O)ccc2N1C(=O)CN1CCN(c2nnnn2-c2ccccc2)CC1. The van der Waals surface area contributed by atoms with Crippen LogP contribution in [0.3, 0.4) is 0 Å². The van der Waals surface area contributed by atoms with Gasteiger partial charge in [0.05, 0.1) is 17.1 Å². The molecule has 0 saturated carbocycles. The smallest absolute Gasteiger partial charge is 0.250 e. The molecule has 0 spiro atoms. The Hall–Kier alpha value is -3.35. The summed E-state index contributed by atoms with van der Waals surface area (Å²) in [6.45, 7) is 5.06. The van der Waals surface area contributed by atoms with Crippen molar-refractivity contribution in [3.05, 3.63) is 54.1 Å². The number of para-hydroxylation sites is 1. The number of nitrogens with zero attached hydrogens (tertiary/aromatic N) is 7. The van der Waals surface area contributed by atoms with E-state index in [0.29, 0.717) is 38.5 Å². The molecule has 2 N–H and O–H groups in total. The molecule has 3 heterocycles. The van der Waals surface area contributed by atoms with Gasteiger partial charge in [-0.3, -0.25) is 9.69 Å². The molecule has 0 radical (unpaired) electrons. The molecule has 1 saturated heterocycles. The maximum Gasteiger partial charge on any atom is 0.250 e. The average molecular weight is 483 g/mol. The van der Waals surface area contributed by atoms with Crippen LogP contribution in [0.25, 0.3) is 5.69 Å². The minimum atomic E-state index is -3.78. The number of hydrogen-bond donors (Lipinski definition) is 1. The first-order valence-corrected chi connectivity index (χ1v) is 12.6. The van der Waals surface area contributed by atoms with Crippen molar-refractivity contribution in [2.24, 2.45) is 5.14 Å². The highest BCUT2D eigenvalue weighted by molar-refractivity contribution is 7.89. The Labute approximate surface area is 197 Å². The largest absolute Gasteiger partial charge is 0.337 e. The number of benzene rings is 2. The van der Waals surface area contributed by atoms with E-state index in [4.69, 9.17) is 5.14 Å². The maximum atomic E-state index is 13.2. The van der Waals surface area contributed by atoms with Crippen molar-refractivity contribution in [2.45, 2.75) is 24.3 Å². The summed E-state index contributed by atoms with van der Waals surface area (Å²) in [7, 11) is -3.78. The fraction of sp³-hybridized carbons (Fsp3) is 0.364. The van der Waals surface area contributed by atoms with Crippen LogP contribution in [0.4, 0.5) is 11.6 Å². The molecule has 34 heavy (non-hydrogen) atoms. The van der Waals surface area contributed by atoms with Gasteiger partial charge in [-0.1, -0.05) is 23.3 Å². The second kappa shape index (κ2) is 8.78. The molecule has 178 valence electrons. The van der Waals surface area contributed by atoms with Crippen molar-refractivity contribution in [1.82, 2.24) is 25.1 Å². The van der Waals surface area contributed by atoms with Crippen LogP contribution in [0, 0.1) is 0 Å². The molecule has 0 bridgehead atoms. The molecule has 1 unspecified atom stereocenters. The highest BCUT2D eigenvalue weighted by Gasteiger charge is 2.33. The van der Waals surface area contributed by atoms with Crippen LogP contribution in [-0.4, -0.2) is 78.2 Å². The van der Waals surface area contributed by atoms with E-state index in [0.717, 1.165) is 16.9 Å². The highest BCUT2D eigenvalue weighted by Crippen LogP contribution is 2.34. The predicted octanol–water partition coefficient (Wildman–Crippen LogP) is 0.410. The third-order valence-electron chi connectivity index (χ3n) is 6.33. The molecule has 1 fully saturated rings. The van der Waals surface area contributed by atoms with Crippen molar-refractivity contribution >= 4 is 27.6 Å². The number of aromatic nitrogens is 4. The summed E-state index contributed by atoms with van der Waals surface area (Å²) in [6, 6.07) is 14.4. The molecule has 3 aromatic rings. The van der Waals surface area contributed by atoms with Crippen LogP contribution in [0.1, 0.15) is 12.5 Å². The van der Waals surface area contributed by atoms with E-state index in [1.54, 1.807) is 21.7 Å². The summed E-state index contributed by atoms with van der Waals surface area (Å²) in [5, 5.41) is 17.4. The number of primary sulfonamides is 1. The van der Waals surface area contributed by atoms with Gasteiger partial charge in [-0.15, -0.1) is 0 Å². The van der Waals surface area contributed by atoms with Crippen LogP contribution < -0.4 is 14.9 Å². The fourth-order valence-electron chi connectivity index (χ4n) is 4.65. The number of hydrogen-bond acceptors (Lipinski definition) is 8. The van der Waals surface area contributed by atoms with Gasteiger partial charge in [-0.05, 0) is 59.7 Å². The number of tetrazole rings is 1. The van der Waals surface area contributed by atoms with Crippen LogP contribution in [0.5, 0.6) is 0 Å². The maximum absolute atomic E-state index is 13.2. The van der Waals surface area contributed by atoms with Crippen LogP contribution in [0.2, 0.25) is 0 Å². The Morgan fingerprint density at radius 3 is 2.53 bits per heavy atom. The van der Waals surface area contributed by atoms with Crippen molar-refractivity contribution in [2.75, 3.05) is 42.5 Å². The number of amides is 1. The van der Waals surface area contributed by atoms with Gasteiger partial charge < -0.3 is 9.80 Å². The Bertz CT molecular complexity index is 1300. The van der Waals surface area contributed by atoms with Crippen LogP contribution in [-0.2, 0) is 21.2 Å². The number of nitrogens with two attached hydrogens (primary N) is 1. The molecule has 5 rings (SSSR count). The molecular formula is C22H26N8O3S. The van der Waals surface area contributed by atoms with Gasteiger partial charge in [-0.25, -0.2) is 13.6 Å². The highest BCUT2D eigenvalue weighted by atomic mass is 32.2. The lowest BCUT2D eigenvalue weighted by Gasteiger charge is -2.35. The van der Waals surface area contributed by atoms with Gasteiger partial charge in [0.25, 0.3) is 0 Å². The minimum absolute atomic E-state index is 0.00262. The number of sulfonamides is 1. The number of fused-ring (bicyclic) bond motifs is 1. The van der Waals surface area contributed by atoms with E-state index < -0.39 is 10.0 Å². The van der Waals surface area contributed by atoms with E-state index in [1.165, 1.54) is 6.07 Å². The lowest BCUT2D eigenvalue weighted by Crippen LogP contribution is -2.51. The molecule has 2 aromatic carbocycles. The van der Waals surface area contributed by atoms with Crippen LogP contribution >= 0.6 is 0 Å². The normalized spacial score (nSPS) is 18.8. The third-order valence-corrected chi connectivity index (χ3v) is 7.24. The lowest BCUT2D eigenvalue weighted by molar-refractivity contribution is -0.120. The zero-order valence-electron chi connectivity index (χ0n) is 18.8. The van der Waals surface area contributed by atoms with Crippen molar-refractivity contribution in [1.29, 1.82) is 0 Å². The van der Waals surface area contributed by atoms with E-state index >= 15 is 0 Å². The molecule has 1 atom stereocenters. The number of rotatable bonds is 5. The number of piperazine rings is 1. The molecule has 2 aliphatic rings. The molecule has 1 amide bonds. The second-order valence-electron chi connectivity index (χ2n) is 8.64. The van der Waals surface area contributed by atoms with Gasteiger partial charge in [-0.2, -0.15) is 4.68 Å². The van der Waals surface area contributed by atoms with Gasteiger partial charge >= 0.3 is 0 Å². The Balaban J connectivity index is 1.24. The van der Waals surface area contributed by atoms with Gasteiger partial charge in [0.2, 0.25) is 21.9 Å². The molecular weight excluding hydrogens is 456 g/mol. The lowest BCUT2D eigenvalue weighted by atomic mass is 10.1. The quantitative estimate of drug-likeness (QED) is 0.553. The first kappa shape index (κ1) is 22.4. The summed E-state index contributed by atoms with van der Waals surface area (Å²) >= 11 is 0. The summed E-state index contributed by atoms with van der Waals surface area (Å²) in [5.41, 5.74) is 2.47. The first-order valence-electron chi connectivity index (χ1n) is 11.1. The van der Waals surface area contributed by atoms with Gasteiger partial charge in [0.1, 0.15) is 0 Å². The second-order valence-corrected chi connectivity index (χ2v) is 10.2.